The quantitative estimate of drug-likeness (QED) is 0.797. The van der Waals surface area contributed by atoms with E-state index in [-0.39, 0.29) is 11.5 Å². The molecule has 0 aliphatic carbocycles. The Kier molecular flexibility index (Phi) is 4.65. The van der Waals surface area contributed by atoms with Crippen molar-refractivity contribution in [2.75, 3.05) is 6.54 Å². The molecule has 3 aromatic rings. The molecule has 5 nitrogen and oxygen atoms in total. The summed E-state index contributed by atoms with van der Waals surface area (Å²) in [5.74, 6) is -0.137. The van der Waals surface area contributed by atoms with E-state index in [0.29, 0.717) is 28.8 Å². The van der Waals surface area contributed by atoms with E-state index in [2.05, 4.69) is 41.5 Å². The average Bonchev–Trinajstić information content (AvgIpc) is 2.61. The summed E-state index contributed by atoms with van der Waals surface area (Å²) >= 11 is 0. The molecule has 1 amide bonds. The highest BCUT2D eigenvalue weighted by atomic mass is 16.1. The SMILES string of the molecule is Cc1ccc(CCNC(=O)c2ccc3c(c2)nc(C)c(=O)n3C)cc1. The van der Waals surface area contributed by atoms with Gasteiger partial charge in [0, 0.05) is 19.2 Å². The number of fused-ring (bicyclic) bond motifs is 1. The molecule has 1 N–H and O–H groups in total. The van der Waals surface area contributed by atoms with Gasteiger partial charge < -0.3 is 9.88 Å². The summed E-state index contributed by atoms with van der Waals surface area (Å²) in [5, 5.41) is 2.93. The molecule has 25 heavy (non-hydrogen) atoms. The van der Waals surface area contributed by atoms with Crippen molar-refractivity contribution in [2.24, 2.45) is 7.05 Å². The number of hydrogen-bond acceptors (Lipinski definition) is 3. The van der Waals surface area contributed by atoms with Crippen LogP contribution in [-0.4, -0.2) is 22.0 Å². The molecule has 0 bridgehead atoms. The lowest BCUT2D eigenvalue weighted by molar-refractivity contribution is 0.0954. The Morgan fingerprint density at radius 2 is 1.84 bits per heavy atom. The van der Waals surface area contributed by atoms with E-state index < -0.39 is 0 Å². The molecule has 2 aromatic carbocycles. The van der Waals surface area contributed by atoms with Gasteiger partial charge in [0.2, 0.25) is 0 Å². The topological polar surface area (TPSA) is 64.0 Å². The third-order valence-corrected chi connectivity index (χ3v) is 4.32. The Balaban J connectivity index is 1.72. The van der Waals surface area contributed by atoms with Gasteiger partial charge in [-0.1, -0.05) is 29.8 Å². The van der Waals surface area contributed by atoms with Crippen molar-refractivity contribution in [3.05, 3.63) is 75.2 Å². The molecule has 0 aliphatic rings. The molecule has 0 saturated heterocycles. The van der Waals surface area contributed by atoms with E-state index in [4.69, 9.17) is 0 Å². The van der Waals surface area contributed by atoms with Crippen molar-refractivity contribution < 1.29 is 4.79 Å². The van der Waals surface area contributed by atoms with Crippen LogP contribution in [0, 0.1) is 13.8 Å². The molecule has 1 heterocycles. The van der Waals surface area contributed by atoms with Crippen LogP contribution in [0.4, 0.5) is 0 Å². The minimum atomic E-state index is -0.137. The predicted molar refractivity (Wildman–Crippen MR) is 98.9 cm³/mol. The third-order valence-electron chi connectivity index (χ3n) is 4.32. The van der Waals surface area contributed by atoms with Crippen LogP contribution in [0.5, 0.6) is 0 Å². The summed E-state index contributed by atoms with van der Waals surface area (Å²) in [4.78, 5) is 28.6. The Hall–Kier alpha value is -2.95. The highest BCUT2D eigenvalue weighted by Crippen LogP contribution is 2.12. The van der Waals surface area contributed by atoms with E-state index in [0.717, 1.165) is 6.42 Å². The van der Waals surface area contributed by atoms with Gasteiger partial charge in [0.15, 0.2) is 0 Å². The first kappa shape index (κ1) is 16.9. The molecule has 0 unspecified atom stereocenters. The van der Waals surface area contributed by atoms with Crippen molar-refractivity contribution >= 4 is 16.9 Å². The smallest absolute Gasteiger partial charge is 0.272 e. The minimum absolute atomic E-state index is 0.122. The zero-order chi connectivity index (χ0) is 18.0. The van der Waals surface area contributed by atoms with Gasteiger partial charge in [0.05, 0.1) is 11.0 Å². The van der Waals surface area contributed by atoms with Crippen LogP contribution < -0.4 is 10.9 Å². The number of carbonyl (C=O) groups is 1. The van der Waals surface area contributed by atoms with Gasteiger partial charge in [-0.3, -0.25) is 9.59 Å². The summed E-state index contributed by atoms with van der Waals surface area (Å²) in [5.41, 5.74) is 4.62. The number of aryl methyl sites for hydroxylation is 3. The highest BCUT2D eigenvalue weighted by molar-refractivity contribution is 5.97. The maximum Gasteiger partial charge on any atom is 0.272 e. The third kappa shape index (κ3) is 3.60. The first-order valence-electron chi connectivity index (χ1n) is 8.27. The number of carbonyl (C=O) groups excluding carboxylic acids is 1. The van der Waals surface area contributed by atoms with Gasteiger partial charge >= 0.3 is 0 Å². The number of nitrogens with zero attached hydrogens (tertiary/aromatic N) is 2. The number of amides is 1. The lowest BCUT2D eigenvalue weighted by Gasteiger charge is -2.09. The van der Waals surface area contributed by atoms with Crippen LogP contribution in [0.15, 0.2) is 47.3 Å². The van der Waals surface area contributed by atoms with Crippen molar-refractivity contribution in [3.8, 4) is 0 Å². The molecule has 5 heteroatoms. The van der Waals surface area contributed by atoms with Gasteiger partial charge in [0.25, 0.3) is 11.5 Å². The second kappa shape index (κ2) is 6.89. The second-order valence-electron chi connectivity index (χ2n) is 6.26. The highest BCUT2D eigenvalue weighted by Gasteiger charge is 2.10. The molecule has 0 radical (unpaired) electrons. The fourth-order valence-corrected chi connectivity index (χ4v) is 2.80. The van der Waals surface area contributed by atoms with E-state index in [1.165, 1.54) is 11.1 Å². The maximum atomic E-state index is 12.4. The first-order valence-corrected chi connectivity index (χ1v) is 8.27. The van der Waals surface area contributed by atoms with E-state index in [1.54, 1.807) is 36.7 Å². The Bertz CT molecular complexity index is 988. The number of rotatable bonds is 4. The van der Waals surface area contributed by atoms with Gasteiger partial charge in [-0.2, -0.15) is 0 Å². The van der Waals surface area contributed by atoms with Crippen molar-refractivity contribution in [2.45, 2.75) is 20.3 Å². The van der Waals surface area contributed by atoms with Crippen LogP contribution in [0.2, 0.25) is 0 Å². The molecule has 0 atom stereocenters. The normalized spacial score (nSPS) is 10.8. The molecule has 0 fully saturated rings. The molecule has 0 aliphatic heterocycles. The van der Waals surface area contributed by atoms with Crippen LogP contribution in [-0.2, 0) is 13.5 Å². The summed E-state index contributed by atoms with van der Waals surface area (Å²) in [6.07, 6.45) is 0.783. The largest absolute Gasteiger partial charge is 0.352 e. The van der Waals surface area contributed by atoms with Crippen molar-refractivity contribution in [3.63, 3.8) is 0 Å². The Morgan fingerprint density at radius 3 is 2.56 bits per heavy atom. The molecule has 3 rings (SSSR count). The molecular weight excluding hydrogens is 314 g/mol. The minimum Gasteiger partial charge on any atom is -0.352 e. The molecule has 0 spiro atoms. The van der Waals surface area contributed by atoms with Gasteiger partial charge in [-0.25, -0.2) is 4.98 Å². The summed E-state index contributed by atoms with van der Waals surface area (Å²) in [7, 11) is 1.71. The van der Waals surface area contributed by atoms with Crippen LogP contribution in [0.25, 0.3) is 11.0 Å². The van der Waals surface area contributed by atoms with Crippen molar-refractivity contribution in [1.82, 2.24) is 14.9 Å². The van der Waals surface area contributed by atoms with Crippen LogP contribution in [0.1, 0.15) is 27.2 Å². The second-order valence-corrected chi connectivity index (χ2v) is 6.26. The fourth-order valence-electron chi connectivity index (χ4n) is 2.80. The Morgan fingerprint density at radius 1 is 1.12 bits per heavy atom. The number of hydrogen-bond donors (Lipinski definition) is 1. The number of nitrogens with one attached hydrogen (secondary N) is 1. The van der Waals surface area contributed by atoms with Crippen LogP contribution >= 0.6 is 0 Å². The summed E-state index contributed by atoms with van der Waals surface area (Å²) in [6, 6.07) is 13.5. The van der Waals surface area contributed by atoms with Gasteiger partial charge in [0.1, 0.15) is 5.69 Å². The molecule has 0 saturated carbocycles. The van der Waals surface area contributed by atoms with Gasteiger partial charge in [-0.15, -0.1) is 0 Å². The van der Waals surface area contributed by atoms with Gasteiger partial charge in [-0.05, 0) is 44.0 Å². The lowest BCUT2D eigenvalue weighted by atomic mass is 10.1. The van der Waals surface area contributed by atoms with Crippen molar-refractivity contribution in [1.29, 1.82) is 0 Å². The predicted octanol–water partition coefficient (Wildman–Crippen LogP) is 2.52. The molecular formula is C20H21N3O2. The Labute approximate surface area is 146 Å². The van der Waals surface area contributed by atoms with E-state index in [9.17, 15) is 9.59 Å². The van der Waals surface area contributed by atoms with Crippen LogP contribution in [0.3, 0.4) is 0 Å². The summed E-state index contributed by atoms with van der Waals surface area (Å²) < 4.78 is 1.55. The monoisotopic (exact) mass is 335 g/mol. The van der Waals surface area contributed by atoms with E-state index in [1.807, 2.05) is 0 Å². The standard InChI is InChI=1S/C20H21N3O2/c1-13-4-6-15(7-5-13)10-11-21-19(24)16-8-9-18-17(12-16)22-14(2)20(25)23(18)3/h4-9,12H,10-11H2,1-3H3,(H,21,24). The maximum absolute atomic E-state index is 12.4. The average molecular weight is 335 g/mol. The van der Waals surface area contributed by atoms with E-state index >= 15 is 0 Å². The zero-order valence-electron chi connectivity index (χ0n) is 14.7. The fraction of sp³-hybridized carbons (Fsp3) is 0.250. The number of benzene rings is 2. The molecule has 1 aromatic heterocycles. The lowest BCUT2D eigenvalue weighted by Crippen LogP contribution is -2.26. The first-order chi connectivity index (χ1) is 12.0. The number of aromatic nitrogens is 2. The summed E-state index contributed by atoms with van der Waals surface area (Å²) in [6.45, 7) is 4.30. The molecule has 128 valence electrons. The zero-order valence-corrected chi connectivity index (χ0v) is 14.7.